The first kappa shape index (κ1) is 11.0. The average Bonchev–Trinajstić information content (AvgIpc) is 2.18. The predicted molar refractivity (Wildman–Crippen MR) is 57.5 cm³/mol. The fourth-order valence-electron chi connectivity index (χ4n) is 2.41. The van der Waals surface area contributed by atoms with Crippen molar-refractivity contribution in [1.29, 1.82) is 0 Å². The fourth-order valence-corrected chi connectivity index (χ4v) is 2.41. The van der Waals surface area contributed by atoms with Crippen LogP contribution in [-0.2, 0) is 9.53 Å². The lowest BCUT2D eigenvalue weighted by atomic mass is 9.73. The molecule has 4 heteroatoms. The van der Waals surface area contributed by atoms with Crippen molar-refractivity contribution in [1.82, 2.24) is 4.90 Å². The number of rotatable bonds is 3. The summed E-state index contributed by atoms with van der Waals surface area (Å²) in [5.74, 6) is 0.568. The van der Waals surface area contributed by atoms with E-state index in [2.05, 4.69) is 11.9 Å². The number of hydrogen-bond acceptors (Lipinski definition) is 4. The first-order valence-corrected chi connectivity index (χ1v) is 5.69. The smallest absolute Gasteiger partial charge is 0.148 e. The Kier molecular flexibility index (Phi) is 3.09. The lowest BCUT2D eigenvalue weighted by Crippen LogP contribution is -2.56. The summed E-state index contributed by atoms with van der Waals surface area (Å²) >= 11 is 0. The summed E-state index contributed by atoms with van der Waals surface area (Å²) in [4.78, 5) is 14.5. The molecule has 0 aromatic carbocycles. The number of ketones is 1. The molecule has 2 saturated heterocycles. The Morgan fingerprint density at radius 1 is 1.47 bits per heavy atom. The zero-order chi connectivity index (χ0) is 10.9. The summed E-state index contributed by atoms with van der Waals surface area (Å²) in [6, 6.07) is 0. The highest BCUT2D eigenvalue weighted by atomic mass is 16.5. The number of Topliss-reactive ketones (excluding diaryl/α,β-unsaturated/α-hetero) is 1. The summed E-state index contributed by atoms with van der Waals surface area (Å²) in [7, 11) is 2.10. The molecule has 0 bridgehead atoms. The molecule has 2 aliphatic rings. The SMILES string of the molecule is CN1CCC(C(=O)C2(CN)COC2)CC1. The second kappa shape index (κ2) is 4.20. The molecule has 0 atom stereocenters. The van der Waals surface area contributed by atoms with E-state index in [1.54, 1.807) is 0 Å². The Labute approximate surface area is 90.8 Å². The van der Waals surface area contributed by atoms with Crippen molar-refractivity contribution < 1.29 is 9.53 Å². The van der Waals surface area contributed by atoms with Crippen molar-refractivity contribution >= 4 is 5.78 Å². The molecule has 2 heterocycles. The lowest BCUT2D eigenvalue weighted by molar-refractivity contribution is -0.162. The number of nitrogens with zero attached hydrogens (tertiary/aromatic N) is 1. The molecule has 0 radical (unpaired) electrons. The molecule has 0 unspecified atom stereocenters. The molecule has 4 nitrogen and oxygen atoms in total. The van der Waals surface area contributed by atoms with Crippen LogP contribution in [0.4, 0.5) is 0 Å². The summed E-state index contributed by atoms with van der Waals surface area (Å²) < 4.78 is 5.15. The molecular weight excluding hydrogens is 192 g/mol. The number of likely N-dealkylation sites (tertiary alicyclic amines) is 1. The molecule has 0 aromatic heterocycles. The van der Waals surface area contributed by atoms with Crippen molar-refractivity contribution in [2.75, 3.05) is 39.9 Å². The maximum absolute atomic E-state index is 12.3. The highest BCUT2D eigenvalue weighted by molar-refractivity contribution is 5.88. The Balaban J connectivity index is 1.95. The van der Waals surface area contributed by atoms with Gasteiger partial charge in [0.05, 0.1) is 18.6 Å². The van der Waals surface area contributed by atoms with Gasteiger partial charge in [0.1, 0.15) is 5.78 Å². The van der Waals surface area contributed by atoms with Crippen LogP contribution in [0.5, 0.6) is 0 Å². The number of carbonyl (C=O) groups excluding carboxylic acids is 1. The van der Waals surface area contributed by atoms with Crippen LogP contribution >= 0.6 is 0 Å². The van der Waals surface area contributed by atoms with Gasteiger partial charge in [-0.1, -0.05) is 0 Å². The molecule has 2 aliphatic heterocycles. The Hall–Kier alpha value is -0.450. The minimum atomic E-state index is -0.333. The Bertz CT molecular complexity index is 237. The number of hydrogen-bond donors (Lipinski definition) is 1. The van der Waals surface area contributed by atoms with E-state index < -0.39 is 0 Å². The van der Waals surface area contributed by atoms with E-state index in [-0.39, 0.29) is 11.3 Å². The number of piperidine rings is 1. The van der Waals surface area contributed by atoms with Crippen LogP contribution < -0.4 is 5.73 Å². The van der Waals surface area contributed by atoms with Crippen molar-refractivity contribution in [3.63, 3.8) is 0 Å². The molecule has 86 valence electrons. The molecular formula is C11H20N2O2. The summed E-state index contributed by atoms with van der Waals surface area (Å²) in [6.07, 6.45) is 1.97. The summed E-state index contributed by atoms with van der Waals surface area (Å²) in [5.41, 5.74) is 5.36. The van der Waals surface area contributed by atoms with Gasteiger partial charge >= 0.3 is 0 Å². The van der Waals surface area contributed by atoms with Gasteiger partial charge < -0.3 is 15.4 Å². The zero-order valence-corrected chi connectivity index (χ0v) is 9.37. The normalized spacial score (nSPS) is 27.3. The van der Waals surface area contributed by atoms with Gasteiger partial charge in [0, 0.05) is 12.5 Å². The average molecular weight is 212 g/mol. The van der Waals surface area contributed by atoms with E-state index >= 15 is 0 Å². The van der Waals surface area contributed by atoms with Crippen molar-refractivity contribution in [2.45, 2.75) is 12.8 Å². The molecule has 0 aliphatic carbocycles. The maximum atomic E-state index is 12.3. The molecule has 2 N–H and O–H groups in total. The van der Waals surface area contributed by atoms with Crippen LogP contribution in [0, 0.1) is 11.3 Å². The first-order chi connectivity index (χ1) is 7.18. The van der Waals surface area contributed by atoms with Gasteiger partial charge in [0.25, 0.3) is 0 Å². The van der Waals surface area contributed by atoms with Crippen LogP contribution in [0.25, 0.3) is 0 Å². The van der Waals surface area contributed by atoms with E-state index in [0.29, 0.717) is 25.5 Å². The van der Waals surface area contributed by atoms with E-state index in [9.17, 15) is 4.79 Å². The monoisotopic (exact) mass is 212 g/mol. The van der Waals surface area contributed by atoms with Crippen molar-refractivity contribution in [3.8, 4) is 0 Å². The minimum Gasteiger partial charge on any atom is -0.379 e. The molecule has 0 saturated carbocycles. The predicted octanol–water partition coefficient (Wildman–Crippen LogP) is -0.127. The van der Waals surface area contributed by atoms with Gasteiger partial charge in [-0.15, -0.1) is 0 Å². The van der Waals surface area contributed by atoms with E-state index in [0.717, 1.165) is 25.9 Å². The molecule has 0 amide bonds. The third kappa shape index (κ3) is 1.94. The number of ether oxygens (including phenoxy) is 1. The summed E-state index contributed by atoms with van der Waals surface area (Å²) in [5, 5.41) is 0. The quantitative estimate of drug-likeness (QED) is 0.708. The van der Waals surface area contributed by atoms with Crippen molar-refractivity contribution in [2.24, 2.45) is 17.1 Å². The largest absolute Gasteiger partial charge is 0.379 e. The van der Waals surface area contributed by atoms with Gasteiger partial charge in [0.2, 0.25) is 0 Å². The van der Waals surface area contributed by atoms with E-state index in [1.165, 1.54) is 0 Å². The third-order valence-corrected chi connectivity index (χ3v) is 3.76. The number of carbonyl (C=O) groups is 1. The second-order valence-electron chi connectivity index (χ2n) is 4.92. The van der Waals surface area contributed by atoms with Crippen molar-refractivity contribution in [3.05, 3.63) is 0 Å². The van der Waals surface area contributed by atoms with Gasteiger partial charge in [0.15, 0.2) is 0 Å². The van der Waals surface area contributed by atoms with Gasteiger partial charge in [-0.05, 0) is 33.0 Å². The lowest BCUT2D eigenvalue weighted by Gasteiger charge is -2.42. The molecule has 0 spiro atoms. The summed E-state index contributed by atoms with van der Waals surface area (Å²) in [6.45, 7) is 3.57. The fraction of sp³-hybridized carbons (Fsp3) is 0.909. The zero-order valence-electron chi connectivity index (χ0n) is 9.37. The van der Waals surface area contributed by atoms with Crippen LogP contribution in [0.2, 0.25) is 0 Å². The number of nitrogens with two attached hydrogens (primary N) is 1. The third-order valence-electron chi connectivity index (χ3n) is 3.76. The highest BCUT2D eigenvalue weighted by Gasteiger charge is 2.47. The van der Waals surface area contributed by atoms with E-state index in [1.807, 2.05) is 0 Å². The van der Waals surface area contributed by atoms with Gasteiger partial charge in [-0.3, -0.25) is 4.79 Å². The Morgan fingerprint density at radius 3 is 2.47 bits per heavy atom. The van der Waals surface area contributed by atoms with E-state index in [4.69, 9.17) is 10.5 Å². The minimum absolute atomic E-state index is 0.216. The standard InChI is InChI=1S/C11H20N2O2/c1-13-4-2-9(3-5-13)10(14)11(6-12)7-15-8-11/h9H,2-8,12H2,1H3. The van der Waals surface area contributed by atoms with Crippen LogP contribution in [0.3, 0.4) is 0 Å². The first-order valence-electron chi connectivity index (χ1n) is 5.69. The molecule has 2 fully saturated rings. The highest BCUT2D eigenvalue weighted by Crippen LogP contribution is 2.33. The second-order valence-corrected chi connectivity index (χ2v) is 4.92. The molecule has 0 aromatic rings. The maximum Gasteiger partial charge on any atom is 0.148 e. The van der Waals surface area contributed by atoms with Crippen LogP contribution in [0.1, 0.15) is 12.8 Å². The topological polar surface area (TPSA) is 55.6 Å². The van der Waals surface area contributed by atoms with Gasteiger partial charge in [-0.25, -0.2) is 0 Å². The van der Waals surface area contributed by atoms with Crippen LogP contribution in [-0.4, -0.2) is 50.6 Å². The molecule has 15 heavy (non-hydrogen) atoms. The Morgan fingerprint density at radius 2 is 2.07 bits per heavy atom. The molecule has 2 rings (SSSR count). The van der Waals surface area contributed by atoms with Gasteiger partial charge in [-0.2, -0.15) is 0 Å². The van der Waals surface area contributed by atoms with Crippen LogP contribution in [0.15, 0.2) is 0 Å².